The lowest BCUT2D eigenvalue weighted by Crippen LogP contribution is -2.35. The van der Waals surface area contributed by atoms with E-state index in [-0.39, 0.29) is 0 Å². The molecule has 0 spiro atoms. The number of hydrogen-bond donors (Lipinski definition) is 0. The highest BCUT2D eigenvalue weighted by molar-refractivity contribution is 7.99. The lowest BCUT2D eigenvalue weighted by Gasteiger charge is -2.31. The third kappa shape index (κ3) is 2.43. The molecule has 0 aliphatic carbocycles. The average molecular weight is 261 g/mol. The fraction of sp³-hybridized carbons (Fsp3) is 0.467. The number of ether oxygens (including phenoxy) is 1. The van der Waals surface area contributed by atoms with Crippen LogP contribution in [0.4, 0.5) is 0 Å². The molecule has 1 aromatic rings. The molecule has 0 radical (unpaired) electrons. The van der Waals surface area contributed by atoms with Crippen LogP contribution in [0, 0.1) is 6.92 Å². The van der Waals surface area contributed by atoms with E-state index < -0.39 is 0 Å². The van der Waals surface area contributed by atoms with E-state index in [2.05, 4.69) is 36.1 Å². The average Bonchev–Trinajstić information content (AvgIpc) is 2.61. The molecule has 1 fully saturated rings. The van der Waals surface area contributed by atoms with Gasteiger partial charge in [0.05, 0.1) is 13.2 Å². The summed E-state index contributed by atoms with van der Waals surface area (Å²) in [4.78, 5) is 3.91. The lowest BCUT2D eigenvalue weighted by molar-refractivity contribution is 0.0638. The van der Waals surface area contributed by atoms with Gasteiger partial charge in [-0.05, 0) is 25.5 Å². The van der Waals surface area contributed by atoms with Crippen LogP contribution in [0.3, 0.4) is 0 Å². The van der Waals surface area contributed by atoms with Crippen LogP contribution < -0.4 is 0 Å². The van der Waals surface area contributed by atoms with Crippen LogP contribution in [0.1, 0.15) is 17.5 Å². The molecule has 0 bridgehead atoms. The van der Waals surface area contributed by atoms with Gasteiger partial charge < -0.3 is 9.64 Å². The van der Waals surface area contributed by atoms with Crippen molar-refractivity contribution in [3.8, 4) is 0 Å². The Morgan fingerprint density at radius 3 is 2.89 bits per heavy atom. The Hall–Kier alpha value is -0.930. The highest BCUT2D eigenvalue weighted by Gasteiger charge is 2.19. The number of fused-ring (bicyclic) bond motifs is 1. The van der Waals surface area contributed by atoms with Gasteiger partial charge in [-0.15, -0.1) is 11.8 Å². The van der Waals surface area contributed by atoms with Crippen molar-refractivity contribution < 1.29 is 4.74 Å². The van der Waals surface area contributed by atoms with Gasteiger partial charge in [0.2, 0.25) is 0 Å². The van der Waals surface area contributed by atoms with Gasteiger partial charge in [0.1, 0.15) is 0 Å². The molecule has 3 rings (SSSR count). The predicted octanol–water partition coefficient (Wildman–Crippen LogP) is 3.16. The first-order valence-corrected chi connectivity index (χ1v) is 7.60. The molecule has 96 valence electrons. The predicted molar refractivity (Wildman–Crippen MR) is 76.9 cm³/mol. The standard InChI is InChI=1S/C15H19NOS/c1-12-4-5-15-13(11-12)14(3-2-10-18-15)16-6-8-17-9-7-16/h3-5,11H,2,6-10H2,1H3. The molecular formula is C15H19NOS. The fourth-order valence-corrected chi connectivity index (χ4v) is 3.49. The minimum atomic E-state index is 0.853. The van der Waals surface area contributed by atoms with Gasteiger partial charge in [-0.3, -0.25) is 0 Å². The summed E-state index contributed by atoms with van der Waals surface area (Å²) in [7, 11) is 0. The molecule has 1 saturated heterocycles. The van der Waals surface area contributed by atoms with E-state index in [1.807, 2.05) is 11.8 Å². The van der Waals surface area contributed by atoms with Crippen LogP contribution in [0.25, 0.3) is 5.70 Å². The maximum Gasteiger partial charge on any atom is 0.0642 e. The monoisotopic (exact) mass is 261 g/mol. The minimum Gasteiger partial charge on any atom is -0.378 e. The Bertz CT molecular complexity index is 464. The van der Waals surface area contributed by atoms with Crippen LogP contribution in [0.15, 0.2) is 29.2 Å². The highest BCUT2D eigenvalue weighted by atomic mass is 32.2. The van der Waals surface area contributed by atoms with Crippen LogP contribution in [0.2, 0.25) is 0 Å². The van der Waals surface area contributed by atoms with Crippen molar-refractivity contribution >= 4 is 17.5 Å². The molecule has 0 unspecified atom stereocenters. The second-order valence-electron chi connectivity index (χ2n) is 4.83. The second-order valence-corrected chi connectivity index (χ2v) is 5.96. The van der Waals surface area contributed by atoms with Gasteiger partial charge in [-0.25, -0.2) is 0 Å². The number of thioether (sulfide) groups is 1. The van der Waals surface area contributed by atoms with Gasteiger partial charge in [-0.2, -0.15) is 0 Å². The molecule has 2 aliphatic heterocycles. The molecular weight excluding hydrogens is 242 g/mol. The first kappa shape index (κ1) is 12.1. The molecule has 2 nitrogen and oxygen atoms in total. The number of morpholine rings is 1. The molecule has 2 heterocycles. The molecule has 0 amide bonds. The van der Waals surface area contributed by atoms with Gasteiger partial charge in [0.15, 0.2) is 0 Å². The Kier molecular flexibility index (Phi) is 3.62. The summed E-state index contributed by atoms with van der Waals surface area (Å²) in [6.07, 6.45) is 3.56. The van der Waals surface area contributed by atoms with Crippen molar-refractivity contribution in [2.75, 3.05) is 32.1 Å². The maximum atomic E-state index is 5.46. The van der Waals surface area contributed by atoms with E-state index in [1.165, 1.54) is 27.5 Å². The third-order valence-corrected chi connectivity index (χ3v) is 4.58. The van der Waals surface area contributed by atoms with Gasteiger partial charge >= 0.3 is 0 Å². The molecule has 0 saturated carbocycles. The maximum absolute atomic E-state index is 5.46. The highest BCUT2D eigenvalue weighted by Crippen LogP contribution is 2.35. The molecule has 0 N–H and O–H groups in total. The first-order valence-electron chi connectivity index (χ1n) is 6.61. The summed E-state index contributed by atoms with van der Waals surface area (Å²) in [6.45, 7) is 5.91. The Labute approximate surface area is 113 Å². The van der Waals surface area contributed by atoms with E-state index in [4.69, 9.17) is 4.74 Å². The zero-order chi connectivity index (χ0) is 12.4. The molecule has 0 aromatic heterocycles. The molecule has 3 heteroatoms. The molecule has 18 heavy (non-hydrogen) atoms. The van der Waals surface area contributed by atoms with Crippen molar-refractivity contribution in [2.24, 2.45) is 0 Å². The van der Waals surface area contributed by atoms with E-state index in [0.717, 1.165) is 32.7 Å². The van der Waals surface area contributed by atoms with Crippen molar-refractivity contribution in [3.05, 3.63) is 35.4 Å². The summed E-state index contributed by atoms with van der Waals surface area (Å²) in [6, 6.07) is 6.82. The van der Waals surface area contributed by atoms with Crippen molar-refractivity contribution in [2.45, 2.75) is 18.2 Å². The molecule has 2 aliphatic rings. The molecule has 0 atom stereocenters. The SMILES string of the molecule is Cc1ccc2c(c1)C(N1CCOCC1)=CCCS2. The van der Waals surface area contributed by atoms with E-state index in [1.54, 1.807) is 0 Å². The Balaban J connectivity index is 1.98. The summed E-state index contributed by atoms with van der Waals surface area (Å²) < 4.78 is 5.46. The van der Waals surface area contributed by atoms with Crippen LogP contribution in [-0.4, -0.2) is 37.0 Å². The molecule has 1 aromatic carbocycles. The number of hydrogen-bond acceptors (Lipinski definition) is 3. The van der Waals surface area contributed by atoms with E-state index >= 15 is 0 Å². The van der Waals surface area contributed by atoms with E-state index in [0.29, 0.717) is 0 Å². The Morgan fingerprint density at radius 1 is 1.22 bits per heavy atom. The summed E-state index contributed by atoms with van der Waals surface area (Å²) in [5.74, 6) is 1.18. The topological polar surface area (TPSA) is 12.5 Å². The minimum absolute atomic E-state index is 0.853. The second kappa shape index (κ2) is 5.37. The van der Waals surface area contributed by atoms with Gasteiger partial charge in [0.25, 0.3) is 0 Å². The largest absolute Gasteiger partial charge is 0.378 e. The van der Waals surface area contributed by atoms with Crippen LogP contribution in [-0.2, 0) is 4.74 Å². The van der Waals surface area contributed by atoms with Crippen molar-refractivity contribution in [1.82, 2.24) is 4.90 Å². The number of rotatable bonds is 1. The number of benzene rings is 1. The lowest BCUT2D eigenvalue weighted by atomic mass is 10.1. The van der Waals surface area contributed by atoms with Crippen molar-refractivity contribution in [3.63, 3.8) is 0 Å². The number of nitrogens with zero attached hydrogens (tertiary/aromatic N) is 1. The Morgan fingerprint density at radius 2 is 2.06 bits per heavy atom. The summed E-state index contributed by atoms with van der Waals surface area (Å²) in [5, 5.41) is 0. The third-order valence-electron chi connectivity index (χ3n) is 3.48. The van der Waals surface area contributed by atoms with Crippen LogP contribution in [0.5, 0.6) is 0 Å². The number of aryl methyl sites for hydroxylation is 1. The zero-order valence-electron chi connectivity index (χ0n) is 10.8. The normalized spacial score (nSPS) is 20.1. The summed E-state index contributed by atoms with van der Waals surface area (Å²) in [5.41, 5.74) is 4.18. The number of allylic oxidation sites excluding steroid dienone is 1. The van der Waals surface area contributed by atoms with Gasteiger partial charge in [-0.1, -0.05) is 17.7 Å². The smallest absolute Gasteiger partial charge is 0.0642 e. The van der Waals surface area contributed by atoms with Crippen molar-refractivity contribution in [1.29, 1.82) is 0 Å². The quantitative estimate of drug-likeness (QED) is 0.770. The van der Waals surface area contributed by atoms with Gasteiger partial charge in [0, 0.05) is 35.0 Å². The van der Waals surface area contributed by atoms with E-state index in [9.17, 15) is 0 Å². The first-order chi connectivity index (χ1) is 8.84. The summed E-state index contributed by atoms with van der Waals surface area (Å²) >= 11 is 1.98. The fourth-order valence-electron chi connectivity index (χ4n) is 2.55. The zero-order valence-corrected chi connectivity index (χ0v) is 11.6. The van der Waals surface area contributed by atoms with Crippen LogP contribution >= 0.6 is 11.8 Å².